The zero-order chi connectivity index (χ0) is 16.9. The van der Waals surface area contributed by atoms with E-state index in [1.807, 2.05) is 18.2 Å². The Morgan fingerprint density at radius 3 is 2.54 bits per heavy atom. The molecule has 0 heterocycles. The molecule has 2 amide bonds. The first-order valence-corrected chi connectivity index (χ1v) is 9.07. The number of nitrogens with one attached hydrogen (secondary N) is 2. The van der Waals surface area contributed by atoms with Crippen LogP contribution in [0.5, 0.6) is 0 Å². The predicted molar refractivity (Wildman–Crippen MR) is 97.7 cm³/mol. The van der Waals surface area contributed by atoms with E-state index in [0.29, 0.717) is 16.3 Å². The van der Waals surface area contributed by atoms with Gasteiger partial charge in [-0.2, -0.15) is 0 Å². The molecule has 124 valence electrons. The van der Waals surface area contributed by atoms with Crippen LogP contribution in [0.3, 0.4) is 0 Å². The van der Waals surface area contributed by atoms with Gasteiger partial charge in [-0.3, -0.25) is 9.59 Å². The van der Waals surface area contributed by atoms with Crippen LogP contribution in [0.2, 0.25) is 5.02 Å². The lowest BCUT2D eigenvalue weighted by atomic mass is 10.1. The number of hydrogen-bond donors (Lipinski definition) is 2. The number of thioether (sulfide) groups is 1. The average Bonchev–Trinajstić information content (AvgIpc) is 3.38. The predicted octanol–water partition coefficient (Wildman–Crippen LogP) is 3.96. The van der Waals surface area contributed by atoms with Crippen LogP contribution in [-0.2, 0) is 4.79 Å². The normalized spacial score (nSPS) is 13.4. The van der Waals surface area contributed by atoms with E-state index in [4.69, 9.17) is 11.6 Å². The fourth-order valence-electron chi connectivity index (χ4n) is 2.17. The Kier molecular flexibility index (Phi) is 5.43. The van der Waals surface area contributed by atoms with Gasteiger partial charge in [-0.05, 0) is 37.1 Å². The maximum Gasteiger partial charge on any atom is 0.253 e. The molecule has 4 nitrogen and oxygen atoms in total. The van der Waals surface area contributed by atoms with Gasteiger partial charge in [-0.15, -0.1) is 11.8 Å². The maximum atomic E-state index is 12.2. The quantitative estimate of drug-likeness (QED) is 0.766. The van der Waals surface area contributed by atoms with Crippen molar-refractivity contribution in [3.8, 4) is 0 Å². The van der Waals surface area contributed by atoms with Gasteiger partial charge in [0, 0.05) is 10.9 Å². The minimum Gasteiger partial charge on any atom is -0.349 e. The molecule has 3 rings (SSSR count). The van der Waals surface area contributed by atoms with Gasteiger partial charge in [0.1, 0.15) is 0 Å². The summed E-state index contributed by atoms with van der Waals surface area (Å²) in [5.41, 5.74) is 1.01. The highest BCUT2D eigenvalue weighted by atomic mass is 35.5. The Bertz CT molecular complexity index is 762. The van der Waals surface area contributed by atoms with E-state index < -0.39 is 0 Å². The lowest BCUT2D eigenvalue weighted by Gasteiger charge is -2.11. The minimum absolute atomic E-state index is 0.146. The number of hydrogen-bond acceptors (Lipinski definition) is 3. The number of benzene rings is 2. The number of carbonyl (C=O) groups is 2. The second-order valence-corrected chi connectivity index (χ2v) is 6.98. The molecular formula is C18H17ClN2O2S. The van der Waals surface area contributed by atoms with Crippen molar-refractivity contribution in [3.63, 3.8) is 0 Å². The van der Waals surface area contributed by atoms with Crippen LogP contribution in [0.1, 0.15) is 23.2 Å². The molecule has 6 heteroatoms. The molecule has 0 aliphatic heterocycles. The maximum absolute atomic E-state index is 12.2. The fourth-order valence-corrected chi connectivity index (χ4v) is 3.21. The summed E-state index contributed by atoms with van der Waals surface area (Å²) in [5.74, 6) is -0.0961. The number of amides is 2. The topological polar surface area (TPSA) is 58.2 Å². The molecule has 2 aromatic carbocycles. The van der Waals surface area contributed by atoms with Crippen molar-refractivity contribution in [2.24, 2.45) is 0 Å². The van der Waals surface area contributed by atoms with Crippen molar-refractivity contribution in [1.82, 2.24) is 5.32 Å². The second-order valence-electron chi connectivity index (χ2n) is 5.56. The summed E-state index contributed by atoms with van der Waals surface area (Å²) < 4.78 is 0. The molecule has 0 unspecified atom stereocenters. The molecule has 1 aliphatic carbocycles. The van der Waals surface area contributed by atoms with E-state index >= 15 is 0 Å². The number of carbonyl (C=O) groups excluding carboxylic acids is 2. The van der Waals surface area contributed by atoms with Crippen LogP contribution < -0.4 is 10.6 Å². The third-order valence-electron chi connectivity index (χ3n) is 3.55. The number of anilines is 1. The SMILES string of the molecule is O=C(CSc1ccccc1Cl)Nc1ccccc1C(=O)NC1CC1. The van der Waals surface area contributed by atoms with Crippen LogP contribution in [0.25, 0.3) is 0 Å². The summed E-state index contributed by atoms with van der Waals surface area (Å²) in [4.78, 5) is 25.3. The summed E-state index contributed by atoms with van der Waals surface area (Å²) >= 11 is 7.45. The van der Waals surface area contributed by atoms with Crippen LogP contribution in [0.15, 0.2) is 53.4 Å². The zero-order valence-electron chi connectivity index (χ0n) is 12.9. The third-order valence-corrected chi connectivity index (χ3v) is 5.07. The van der Waals surface area contributed by atoms with Gasteiger partial charge in [0.25, 0.3) is 5.91 Å². The Hall–Kier alpha value is -1.98. The first-order valence-electron chi connectivity index (χ1n) is 7.70. The van der Waals surface area contributed by atoms with Crippen molar-refractivity contribution in [1.29, 1.82) is 0 Å². The average molecular weight is 361 g/mol. The molecule has 0 spiro atoms. The van der Waals surface area contributed by atoms with Crippen LogP contribution in [0.4, 0.5) is 5.69 Å². The standard InChI is InChI=1S/C18H17ClN2O2S/c19-14-6-2-4-8-16(14)24-11-17(22)21-15-7-3-1-5-13(15)18(23)20-12-9-10-12/h1-8,12H,9-11H2,(H,20,23)(H,21,22). The van der Waals surface area contributed by atoms with E-state index in [-0.39, 0.29) is 23.6 Å². The highest BCUT2D eigenvalue weighted by Crippen LogP contribution is 2.27. The molecule has 1 saturated carbocycles. The van der Waals surface area contributed by atoms with E-state index in [1.165, 1.54) is 11.8 Å². The second kappa shape index (κ2) is 7.73. The largest absolute Gasteiger partial charge is 0.349 e. The highest BCUT2D eigenvalue weighted by Gasteiger charge is 2.25. The molecule has 1 fully saturated rings. The number of para-hydroxylation sites is 1. The van der Waals surface area contributed by atoms with Crippen LogP contribution >= 0.6 is 23.4 Å². The summed E-state index contributed by atoms with van der Waals surface area (Å²) in [5, 5.41) is 6.37. The van der Waals surface area contributed by atoms with Crippen molar-refractivity contribution in [2.45, 2.75) is 23.8 Å². The number of halogens is 1. The lowest BCUT2D eigenvalue weighted by Crippen LogP contribution is -2.27. The first-order chi connectivity index (χ1) is 11.6. The van der Waals surface area contributed by atoms with Crippen molar-refractivity contribution < 1.29 is 9.59 Å². The van der Waals surface area contributed by atoms with Gasteiger partial charge in [0.05, 0.1) is 22.0 Å². The van der Waals surface area contributed by atoms with Gasteiger partial charge in [0.2, 0.25) is 5.91 Å². The van der Waals surface area contributed by atoms with Gasteiger partial charge < -0.3 is 10.6 Å². The zero-order valence-corrected chi connectivity index (χ0v) is 14.5. The van der Waals surface area contributed by atoms with Gasteiger partial charge in [0.15, 0.2) is 0 Å². The van der Waals surface area contributed by atoms with Gasteiger partial charge >= 0.3 is 0 Å². The molecule has 1 aliphatic rings. The molecule has 0 atom stereocenters. The van der Waals surface area contributed by atoms with Gasteiger partial charge in [-0.1, -0.05) is 35.9 Å². The summed E-state index contributed by atoms with van der Waals surface area (Å²) in [6.07, 6.45) is 2.05. The van der Waals surface area contributed by atoms with E-state index in [0.717, 1.165) is 17.7 Å². The van der Waals surface area contributed by atoms with E-state index in [1.54, 1.807) is 30.3 Å². The smallest absolute Gasteiger partial charge is 0.253 e. The Morgan fingerprint density at radius 1 is 1.08 bits per heavy atom. The Balaban J connectivity index is 1.61. The highest BCUT2D eigenvalue weighted by molar-refractivity contribution is 8.00. The molecule has 24 heavy (non-hydrogen) atoms. The summed E-state index contributed by atoms with van der Waals surface area (Å²) in [6, 6.07) is 14.7. The molecule has 0 bridgehead atoms. The van der Waals surface area contributed by atoms with Crippen molar-refractivity contribution >= 4 is 40.9 Å². The van der Waals surface area contributed by atoms with Gasteiger partial charge in [-0.25, -0.2) is 0 Å². The Morgan fingerprint density at radius 2 is 1.79 bits per heavy atom. The van der Waals surface area contributed by atoms with E-state index in [2.05, 4.69) is 10.6 Å². The molecule has 0 radical (unpaired) electrons. The minimum atomic E-state index is -0.174. The van der Waals surface area contributed by atoms with Crippen molar-refractivity contribution in [3.05, 3.63) is 59.1 Å². The fraction of sp³-hybridized carbons (Fsp3) is 0.222. The molecule has 2 aromatic rings. The number of rotatable bonds is 6. The molecule has 2 N–H and O–H groups in total. The third kappa shape index (κ3) is 4.52. The molecule has 0 aromatic heterocycles. The van der Waals surface area contributed by atoms with Crippen LogP contribution in [0, 0.1) is 0 Å². The summed E-state index contributed by atoms with van der Waals surface area (Å²) in [7, 11) is 0. The lowest BCUT2D eigenvalue weighted by molar-refractivity contribution is -0.113. The molecular weight excluding hydrogens is 344 g/mol. The monoisotopic (exact) mass is 360 g/mol. The van der Waals surface area contributed by atoms with Crippen molar-refractivity contribution in [2.75, 3.05) is 11.1 Å². The molecule has 0 saturated heterocycles. The van der Waals surface area contributed by atoms with Crippen LogP contribution in [-0.4, -0.2) is 23.6 Å². The first kappa shape index (κ1) is 16.9. The van der Waals surface area contributed by atoms with E-state index in [9.17, 15) is 9.59 Å². The Labute approximate surface area is 150 Å². The summed E-state index contributed by atoms with van der Waals surface area (Å²) in [6.45, 7) is 0.